The predicted molar refractivity (Wildman–Crippen MR) is 154 cm³/mol. The fourth-order valence-electron chi connectivity index (χ4n) is 4.64. The highest BCUT2D eigenvalue weighted by molar-refractivity contribution is 7.92. The minimum atomic E-state index is -3.62. The number of aryl methyl sites for hydroxylation is 1. The van der Waals surface area contributed by atoms with Gasteiger partial charge in [0.25, 0.3) is 0 Å². The van der Waals surface area contributed by atoms with E-state index in [1.165, 1.54) is 9.21 Å². The molecule has 0 bridgehead atoms. The maximum absolute atomic E-state index is 13.5. The van der Waals surface area contributed by atoms with Crippen LogP contribution in [0.2, 0.25) is 15.1 Å². The van der Waals surface area contributed by atoms with Gasteiger partial charge in [0.05, 0.1) is 11.9 Å². The Balaban J connectivity index is 1.77. The molecule has 38 heavy (non-hydrogen) atoms. The van der Waals surface area contributed by atoms with Gasteiger partial charge in [-0.05, 0) is 68.5 Å². The second-order valence-corrected chi connectivity index (χ2v) is 13.0. The Morgan fingerprint density at radius 2 is 1.68 bits per heavy atom. The Morgan fingerprint density at radius 1 is 1.05 bits per heavy atom. The number of anilines is 1. The highest BCUT2D eigenvalue weighted by Crippen LogP contribution is 2.28. The molecule has 1 atom stereocenters. The van der Waals surface area contributed by atoms with Gasteiger partial charge in [-0.1, -0.05) is 59.8 Å². The van der Waals surface area contributed by atoms with Crippen molar-refractivity contribution < 1.29 is 18.0 Å². The van der Waals surface area contributed by atoms with Crippen LogP contribution in [0.4, 0.5) is 5.69 Å². The van der Waals surface area contributed by atoms with E-state index in [0.717, 1.165) is 37.5 Å². The fraction of sp³-hybridized carbons (Fsp3) is 0.481. The molecule has 7 nitrogen and oxygen atoms in total. The minimum absolute atomic E-state index is 0.0396. The molecule has 0 unspecified atom stereocenters. The molecule has 0 saturated heterocycles. The maximum Gasteiger partial charge on any atom is 0.242 e. The third-order valence-corrected chi connectivity index (χ3v) is 8.82. The Morgan fingerprint density at radius 3 is 2.32 bits per heavy atom. The monoisotopic (exact) mass is 601 g/mol. The smallest absolute Gasteiger partial charge is 0.242 e. The van der Waals surface area contributed by atoms with Crippen LogP contribution in [0.5, 0.6) is 0 Å². The zero-order valence-corrected chi connectivity index (χ0v) is 24.9. The van der Waals surface area contributed by atoms with E-state index in [1.54, 1.807) is 50.2 Å². The van der Waals surface area contributed by atoms with Crippen LogP contribution >= 0.6 is 34.8 Å². The summed E-state index contributed by atoms with van der Waals surface area (Å²) in [6.45, 7) is 3.71. The van der Waals surface area contributed by atoms with Gasteiger partial charge >= 0.3 is 0 Å². The molecule has 1 saturated carbocycles. The number of benzene rings is 2. The first kappa shape index (κ1) is 30.5. The van der Waals surface area contributed by atoms with Gasteiger partial charge in [0.15, 0.2) is 0 Å². The molecule has 1 aliphatic carbocycles. The van der Waals surface area contributed by atoms with Crippen molar-refractivity contribution in [1.29, 1.82) is 0 Å². The van der Waals surface area contributed by atoms with Crippen molar-refractivity contribution in [2.75, 3.05) is 17.1 Å². The van der Waals surface area contributed by atoms with Gasteiger partial charge in [0.2, 0.25) is 21.8 Å². The van der Waals surface area contributed by atoms with Crippen molar-refractivity contribution in [3.05, 3.63) is 62.6 Å². The molecule has 1 fully saturated rings. The maximum atomic E-state index is 13.5. The van der Waals surface area contributed by atoms with E-state index in [-0.39, 0.29) is 43.8 Å². The third kappa shape index (κ3) is 8.25. The molecule has 1 aliphatic rings. The average molecular weight is 603 g/mol. The van der Waals surface area contributed by atoms with E-state index in [1.807, 2.05) is 0 Å². The van der Waals surface area contributed by atoms with E-state index in [9.17, 15) is 18.0 Å². The van der Waals surface area contributed by atoms with Crippen molar-refractivity contribution >= 4 is 62.3 Å². The zero-order chi connectivity index (χ0) is 28.0. The molecular weight excluding hydrogens is 569 g/mol. The SMILES string of the molecule is Cc1ccc(Cl)cc1N(CCCC(=O)N(Cc1ccc(Cl)cc1Cl)[C@H](C)C(=O)NC1CCCC1)S(C)(=O)=O. The van der Waals surface area contributed by atoms with E-state index < -0.39 is 16.1 Å². The Kier molecular flexibility index (Phi) is 10.7. The second-order valence-electron chi connectivity index (χ2n) is 9.79. The minimum Gasteiger partial charge on any atom is -0.352 e. The lowest BCUT2D eigenvalue weighted by atomic mass is 10.1. The van der Waals surface area contributed by atoms with Crippen LogP contribution in [0.3, 0.4) is 0 Å². The number of nitrogens with one attached hydrogen (secondary N) is 1. The van der Waals surface area contributed by atoms with Crippen LogP contribution in [0.1, 0.15) is 56.6 Å². The highest BCUT2D eigenvalue weighted by atomic mass is 35.5. The topological polar surface area (TPSA) is 86.8 Å². The van der Waals surface area contributed by atoms with Crippen LogP contribution in [0.25, 0.3) is 0 Å². The molecule has 11 heteroatoms. The Labute approximate surface area is 240 Å². The summed E-state index contributed by atoms with van der Waals surface area (Å²) in [6, 6.07) is 9.45. The van der Waals surface area contributed by atoms with Crippen molar-refractivity contribution in [2.45, 2.75) is 71.0 Å². The number of amides is 2. The summed E-state index contributed by atoms with van der Waals surface area (Å²) < 4.78 is 26.4. The van der Waals surface area contributed by atoms with Crippen molar-refractivity contribution in [3.63, 3.8) is 0 Å². The molecule has 0 radical (unpaired) electrons. The van der Waals surface area contributed by atoms with Gasteiger partial charge in [-0.3, -0.25) is 13.9 Å². The van der Waals surface area contributed by atoms with E-state index in [2.05, 4.69) is 5.32 Å². The Bertz CT molecular complexity index is 1270. The number of nitrogens with zero attached hydrogens (tertiary/aromatic N) is 2. The zero-order valence-electron chi connectivity index (χ0n) is 21.8. The fourth-order valence-corrected chi connectivity index (χ4v) is 6.29. The average Bonchev–Trinajstić information content (AvgIpc) is 3.35. The molecule has 0 heterocycles. The number of carbonyl (C=O) groups is 2. The van der Waals surface area contributed by atoms with Gasteiger partial charge in [-0.2, -0.15) is 0 Å². The highest BCUT2D eigenvalue weighted by Gasteiger charge is 2.29. The predicted octanol–water partition coefficient (Wildman–Crippen LogP) is 5.98. The largest absolute Gasteiger partial charge is 0.352 e. The van der Waals surface area contributed by atoms with Crippen molar-refractivity contribution in [2.24, 2.45) is 0 Å². The van der Waals surface area contributed by atoms with E-state index >= 15 is 0 Å². The van der Waals surface area contributed by atoms with E-state index in [4.69, 9.17) is 34.8 Å². The number of sulfonamides is 1. The summed E-state index contributed by atoms with van der Waals surface area (Å²) in [5.74, 6) is -0.496. The molecule has 208 valence electrons. The number of hydrogen-bond acceptors (Lipinski definition) is 4. The van der Waals surface area contributed by atoms with Crippen LogP contribution in [-0.4, -0.2) is 50.0 Å². The number of rotatable bonds is 11. The molecule has 2 aromatic carbocycles. The summed E-state index contributed by atoms with van der Waals surface area (Å²) >= 11 is 18.5. The summed E-state index contributed by atoms with van der Waals surface area (Å²) in [6.07, 6.45) is 5.42. The van der Waals surface area contributed by atoms with Crippen LogP contribution in [-0.2, 0) is 26.2 Å². The van der Waals surface area contributed by atoms with Crippen molar-refractivity contribution in [1.82, 2.24) is 10.2 Å². The lowest BCUT2D eigenvalue weighted by Crippen LogP contribution is -2.49. The Hall–Kier alpha value is -2.00. The number of halogens is 3. The standard InChI is InChI=1S/C27H34Cl3N3O4S/c1-18-10-12-22(29)16-25(18)33(38(3,36)37)14-6-9-26(34)32(17-20-11-13-21(28)15-24(20)30)19(2)27(35)31-23-7-4-5-8-23/h10-13,15-16,19,23H,4-9,14,17H2,1-3H3,(H,31,35)/t19-/m1/s1. The molecule has 2 aromatic rings. The third-order valence-electron chi connectivity index (χ3n) is 6.82. The normalized spacial score (nSPS) is 14.8. The summed E-state index contributed by atoms with van der Waals surface area (Å²) in [5.41, 5.74) is 1.89. The second kappa shape index (κ2) is 13.4. The molecule has 0 aliphatic heterocycles. The summed E-state index contributed by atoms with van der Waals surface area (Å²) in [5, 5.41) is 4.36. The van der Waals surface area contributed by atoms with Crippen LogP contribution in [0.15, 0.2) is 36.4 Å². The first-order valence-electron chi connectivity index (χ1n) is 12.6. The quantitative estimate of drug-likeness (QED) is 0.343. The lowest BCUT2D eigenvalue weighted by Gasteiger charge is -2.30. The molecule has 3 rings (SSSR count). The first-order valence-corrected chi connectivity index (χ1v) is 15.6. The summed E-state index contributed by atoms with van der Waals surface area (Å²) in [7, 11) is -3.62. The summed E-state index contributed by atoms with van der Waals surface area (Å²) in [4.78, 5) is 28.1. The van der Waals surface area contributed by atoms with Crippen LogP contribution in [0, 0.1) is 6.92 Å². The molecule has 1 N–H and O–H groups in total. The number of carbonyl (C=O) groups excluding carboxylic acids is 2. The van der Waals surface area contributed by atoms with Crippen molar-refractivity contribution in [3.8, 4) is 0 Å². The van der Waals surface area contributed by atoms with Gasteiger partial charge in [-0.25, -0.2) is 8.42 Å². The molecule has 0 spiro atoms. The van der Waals surface area contributed by atoms with Gasteiger partial charge in [0.1, 0.15) is 6.04 Å². The van der Waals surface area contributed by atoms with Crippen LogP contribution < -0.4 is 9.62 Å². The van der Waals surface area contributed by atoms with Gasteiger partial charge in [0, 0.05) is 40.6 Å². The number of hydrogen-bond donors (Lipinski definition) is 1. The van der Waals surface area contributed by atoms with Gasteiger partial charge < -0.3 is 10.2 Å². The molecular formula is C27H34Cl3N3O4S. The van der Waals surface area contributed by atoms with E-state index in [0.29, 0.717) is 26.3 Å². The first-order chi connectivity index (χ1) is 17.9. The van der Waals surface area contributed by atoms with Gasteiger partial charge in [-0.15, -0.1) is 0 Å². The molecule has 0 aromatic heterocycles. The lowest BCUT2D eigenvalue weighted by molar-refractivity contribution is -0.140. The molecule has 2 amide bonds.